The Kier molecular flexibility index (Phi) is 4.26. The van der Waals surface area contributed by atoms with Crippen LogP contribution in [0.25, 0.3) is 16.8 Å². The standard InChI is InChI=1S/C20H14ClN5/c21-18-11-20(26-19(25-18)9-10-24-26)23-13-14-5-7-15(8-6-14)17-4-2-1-3-16(17)12-22/h1-11,23H,13H2. The average molecular weight is 360 g/mol. The van der Waals surface area contributed by atoms with Crippen molar-refractivity contribution in [2.45, 2.75) is 6.54 Å². The van der Waals surface area contributed by atoms with Gasteiger partial charge in [0, 0.05) is 18.7 Å². The van der Waals surface area contributed by atoms with Gasteiger partial charge in [0.1, 0.15) is 11.0 Å². The van der Waals surface area contributed by atoms with Crippen molar-refractivity contribution in [1.82, 2.24) is 14.6 Å². The molecule has 0 radical (unpaired) electrons. The van der Waals surface area contributed by atoms with E-state index in [1.165, 1.54) is 0 Å². The summed E-state index contributed by atoms with van der Waals surface area (Å²) in [6.07, 6.45) is 1.69. The van der Waals surface area contributed by atoms with Gasteiger partial charge in [-0.2, -0.15) is 14.9 Å². The van der Waals surface area contributed by atoms with E-state index in [1.807, 2.05) is 48.5 Å². The van der Waals surface area contributed by atoms with Crippen molar-refractivity contribution in [3.05, 3.63) is 83.1 Å². The molecular formula is C20H14ClN5. The predicted octanol–water partition coefficient (Wildman–Crippen LogP) is 4.53. The summed E-state index contributed by atoms with van der Waals surface area (Å²) in [5, 5.41) is 17.3. The molecule has 0 atom stereocenters. The maximum atomic E-state index is 9.25. The summed E-state index contributed by atoms with van der Waals surface area (Å²) in [5.41, 5.74) is 4.44. The third-order valence-electron chi connectivity index (χ3n) is 4.11. The Bertz CT molecular complexity index is 1110. The second-order valence-electron chi connectivity index (χ2n) is 5.77. The number of anilines is 1. The molecule has 0 aliphatic carbocycles. The number of nitrogens with zero attached hydrogens (tertiary/aromatic N) is 4. The molecule has 6 heteroatoms. The van der Waals surface area contributed by atoms with Gasteiger partial charge in [-0.1, -0.05) is 54.1 Å². The van der Waals surface area contributed by atoms with Crippen LogP contribution in [0.2, 0.25) is 5.15 Å². The minimum Gasteiger partial charge on any atom is -0.366 e. The number of hydrogen-bond acceptors (Lipinski definition) is 4. The van der Waals surface area contributed by atoms with Crippen LogP contribution < -0.4 is 5.32 Å². The Balaban J connectivity index is 1.55. The fourth-order valence-corrected chi connectivity index (χ4v) is 3.03. The Morgan fingerprint density at radius 1 is 1.08 bits per heavy atom. The van der Waals surface area contributed by atoms with Crippen LogP contribution >= 0.6 is 11.6 Å². The number of rotatable bonds is 4. The third kappa shape index (κ3) is 3.10. The lowest BCUT2D eigenvalue weighted by Crippen LogP contribution is -2.06. The van der Waals surface area contributed by atoms with Gasteiger partial charge in [0.15, 0.2) is 5.65 Å². The highest BCUT2D eigenvalue weighted by Gasteiger charge is 2.06. The van der Waals surface area contributed by atoms with Crippen molar-refractivity contribution in [3.8, 4) is 17.2 Å². The minimum atomic E-state index is 0.420. The predicted molar refractivity (Wildman–Crippen MR) is 102 cm³/mol. The lowest BCUT2D eigenvalue weighted by atomic mass is 9.99. The molecule has 5 nitrogen and oxygen atoms in total. The maximum absolute atomic E-state index is 9.25. The smallest absolute Gasteiger partial charge is 0.159 e. The zero-order chi connectivity index (χ0) is 17.9. The first kappa shape index (κ1) is 16.1. The molecule has 2 heterocycles. The number of nitrogens with one attached hydrogen (secondary N) is 1. The van der Waals surface area contributed by atoms with Crippen LogP contribution in [0.5, 0.6) is 0 Å². The molecule has 0 unspecified atom stereocenters. The van der Waals surface area contributed by atoms with Crippen molar-refractivity contribution in [2.75, 3.05) is 5.32 Å². The maximum Gasteiger partial charge on any atom is 0.159 e. The minimum absolute atomic E-state index is 0.420. The normalized spacial score (nSPS) is 10.6. The molecule has 0 aliphatic rings. The van der Waals surface area contributed by atoms with Gasteiger partial charge in [-0.05, 0) is 22.8 Å². The van der Waals surface area contributed by atoms with Crippen LogP contribution in [0.1, 0.15) is 11.1 Å². The van der Waals surface area contributed by atoms with E-state index >= 15 is 0 Å². The summed E-state index contributed by atoms with van der Waals surface area (Å²) in [5.74, 6) is 0.781. The van der Waals surface area contributed by atoms with Gasteiger partial charge in [-0.3, -0.25) is 0 Å². The summed E-state index contributed by atoms with van der Waals surface area (Å²) in [4.78, 5) is 4.21. The molecule has 26 heavy (non-hydrogen) atoms. The van der Waals surface area contributed by atoms with E-state index in [9.17, 15) is 5.26 Å². The van der Waals surface area contributed by atoms with Crippen LogP contribution in [-0.2, 0) is 6.54 Å². The summed E-state index contributed by atoms with van der Waals surface area (Å²) in [6.45, 7) is 0.621. The molecule has 4 aromatic rings. The van der Waals surface area contributed by atoms with E-state index in [0.717, 1.165) is 22.5 Å². The van der Waals surface area contributed by atoms with Crippen molar-refractivity contribution in [2.24, 2.45) is 0 Å². The van der Waals surface area contributed by atoms with E-state index < -0.39 is 0 Å². The van der Waals surface area contributed by atoms with Gasteiger partial charge < -0.3 is 5.32 Å². The summed E-state index contributed by atoms with van der Waals surface area (Å²) in [7, 11) is 0. The Morgan fingerprint density at radius 3 is 2.69 bits per heavy atom. The monoisotopic (exact) mass is 359 g/mol. The first-order chi connectivity index (χ1) is 12.7. The topological polar surface area (TPSA) is 66.0 Å². The molecule has 0 fully saturated rings. The third-order valence-corrected chi connectivity index (χ3v) is 4.31. The van der Waals surface area contributed by atoms with Crippen LogP contribution in [-0.4, -0.2) is 14.6 Å². The number of hydrogen-bond donors (Lipinski definition) is 1. The van der Waals surface area contributed by atoms with Gasteiger partial charge in [0.25, 0.3) is 0 Å². The zero-order valence-corrected chi connectivity index (χ0v) is 14.5. The quantitative estimate of drug-likeness (QED) is 0.543. The number of benzene rings is 2. The largest absolute Gasteiger partial charge is 0.366 e. The van der Waals surface area contributed by atoms with Crippen LogP contribution in [0.15, 0.2) is 66.9 Å². The Hall–Kier alpha value is -3.36. The second-order valence-corrected chi connectivity index (χ2v) is 6.16. The van der Waals surface area contributed by atoms with Crippen LogP contribution in [0.3, 0.4) is 0 Å². The molecule has 4 rings (SSSR count). The van der Waals surface area contributed by atoms with Crippen molar-refractivity contribution >= 4 is 23.1 Å². The molecule has 2 aromatic heterocycles. The Labute approximate surface area is 155 Å². The van der Waals surface area contributed by atoms with Gasteiger partial charge in [0.05, 0.1) is 17.8 Å². The van der Waals surface area contributed by atoms with Crippen molar-refractivity contribution in [3.63, 3.8) is 0 Å². The molecule has 0 aliphatic heterocycles. The van der Waals surface area contributed by atoms with E-state index in [0.29, 0.717) is 22.9 Å². The highest BCUT2D eigenvalue weighted by atomic mass is 35.5. The number of aromatic nitrogens is 3. The molecule has 1 N–H and O–H groups in total. The summed E-state index contributed by atoms with van der Waals surface area (Å²) < 4.78 is 1.71. The first-order valence-corrected chi connectivity index (χ1v) is 8.45. The van der Waals surface area contributed by atoms with Crippen LogP contribution in [0, 0.1) is 11.3 Å². The van der Waals surface area contributed by atoms with E-state index in [1.54, 1.807) is 22.8 Å². The van der Waals surface area contributed by atoms with Crippen molar-refractivity contribution in [1.29, 1.82) is 5.26 Å². The molecule has 2 aromatic carbocycles. The highest BCUT2D eigenvalue weighted by molar-refractivity contribution is 6.29. The zero-order valence-electron chi connectivity index (χ0n) is 13.7. The summed E-state index contributed by atoms with van der Waals surface area (Å²) in [6, 6.07) is 21.5. The number of nitriles is 1. The molecule has 0 saturated carbocycles. The Morgan fingerprint density at radius 2 is 1.88 bits per heavy atom. The van der Waals surface area contributed by atoms with E-state index in [2.05, 4.69) is 21.5 Å². The molecular weight excluding hydrogens is 346 g/mol. The van der Waals surface area contributed by atoms with Gasteiger partial charge >= 0.3 is 0 Å². The molecule has 0 amide bonds. The summed E-state index contributed by atoms with van der Waals surface area (Å²) >= 11 is 6.06. The van der Waals surface area contributed by atoms with Crippen LogP contribution in [0.4, 0.5) is 5.82 Å². The SMILES string of the molecule is N#Cc1ccccc1-c1ccc(CNc2cc(Cl)nc3ccnn23)cc1. The van der Waals surface area contributed by atoms with Crippen molar-refractivity contribution < 1.29 is 0 Å². The number of halogens is 1. The fraction of sp³-hybridized carbons (Fsp3) is 0.0500. The van der Waals surface area contributed by atoms with E-state index in [4.69, 9.17) is 11.6 Å². The molecule has 0 saturated heterocycles. The average Bonchev–Trinajstić information content (AvgIpc) is 3.15. The molecule has 126 valence electrons. The second kappa shape index (κ2) is 6.87. The first-order valence-electron chi connectivity index (χ1n) is 8.07. The lowest BCUT2D eigenvalue weighted by molar-refractivity contribution is 0.925. The number of fused-ring (bicyclic) bond motifs is 1. The van der Waals surface area contributed by atoms with E-state index in [-0.39, 0.29) is 0 Å². The fourth-order valence-electron chi connectivity index (χ4n) is 2.84. The molecule has 0 spiro atoms. The lowest BCUT2D eigenvalue weighted by Gasteiger charge is -2.10. The van der Waals surface area contributed by atoms with Gasteiger partial charge in [-0.25, -0.2) is 4.98 Å². The van der Waals surface area contributed by atoms with Gasteiger partial charge in [-0.15, -0.1) is 0 Å². The highest BCUT2D eigenvalue weighted by Crippen LogP contribution is 2.24. The molecule has 0 bridgehead atoms. The van der Waals surface area contributed by atoms with Gasteiger partial charge in [0.2, 0.25) is 0 Å².